The van der Waals surface area contributed by atoms with Crippen LogP contribution in [0.15, 0.2) is 57.7 Å². The predicted molar refractivity (Wildman–Crippen MR) is 130 cm³/mol. The lowest BCUT2D eigenvalue weighted by Gasteiger charge is -2.22. The summed E-state index contributed by atoms with van der Waals surface area (Å²) in [7, 11) is 0. The van der Waals surface area contributed by atoms with E-state index < -0.39 is 11.7 Å². The molecule has 0 radical (unpaired) electrons. The van der Waals surface area contributed by atoms with Gasteiger partial charge >= 0.3 is 5.63 Å². The molecule has 34 heavy (non-hydrogen) atoms. The largest absolute Gasteiger partial charge is 0.507 e. The summed E-state index contributed by atoms with van der Waals surface area (Å²) in [6.45, 7) is 5.53. The van der Waals surface area contributed by atoms with Gasteiger partial charge in [-0.25, -0.2) is 4.79 Å². The summed E-state index contributed by atoms with van der Waals surface area (Å²) in [5.41, 5.74) is 0.169. The third kappa shape index (κ3) is 7.35. The maximum Gasteiger partial charge on any atom is 0.339 e. The van der Waals surface area contributed by atoms with Crippen LogP contribution in [0, 0.1) is 5.92 Å². The van der Waals surface area contributed by atoms with Crippen LogP contribution in [0.1, 0.15) is 49.9 Å². The van der Waals surface area contributed by atoms with E-state index in [0.29, 0.717) is 41.6 Å². The highest BCUT2D eigenvalue weighted by Gasteiger charge is 2.16. The minimum absolute atomic E-state index is 0.141. The number of benzene rings is 2. The molecule has 0 aliphatic carbocycles. The van der Waals surface area contributed by atoms with Crippen LogP contribution in [0.3, 0.4) is 0 Å². The molecule has 1 aromatic heterocycles. The maximum atomic E-state index is 11.6. The zero-order valence-electron chi connectivity index (χ0n) is 19.7. The van der Waals surface area contributed by atoms with Crippen molar-refractivity contribution >= 4 is 17.3 Å². The van der Waals surface area contributed by atoms with Crippen LogP contribution in [0.5, 0.6) is 17.2 Å². The van der Waals surface area contributed by atoms with E-state index in [9.17, 15) is 14.7 Å². The minimum atomic E-state index is -0.637. The van der Waals surface area contributed by atoms with E-state index >= 15 is 0 Å². The number of rotatable bonds is 14. The number of fused-ring (bicyclic) bond motifs is 1. The second-order valence-electron chi connectivity index (χ2n) is 8.30. The molecule has 0 aliphatic rings. The second kappa shape index (κ2) is 12.8. The fraction of sp³-hybridized carbons (Fsp3) is 0.407. The van der Waals surface area contributed by atoms with Crippen LogP contribution in [-0.4, -0.2) is 37.3 Å². The molecule has 0 bridgehead atoms. The van der Waals surface area contributed by atoms with Gasteiger partial charge in [-0.15, -0.1) is 0 Å². The third-order valence-electron chi connectivity index (χ3n) is 5.65. The molecule has 3 aromatic rings. The highest BCUT2D eigenvalue weighted by molar-refractivity contribution is 5.83. The van der Waals surface area contributed by atoms with Gasteiger partial charge in [0, 0.05) is 18.2 Å². The molecule has 0 amide bonds. The zero-order chi connectivity index (χ0) is 24.3. The summed E-state index contributed by atoms with van der Waals surface area (Å²) in [5.74, 6) is 1.43. The number of aromatic hydroxyl groups is 1. The fourth-order valence-electron chi connectivity index (χ4n) is 3.60. The van der Waals surface area contributed by atoms with Gasteiger partial charge in [0.2, 0.25) is 0 Å². The van der Waals surface area contributed by atoms with E-state index in [4.69, 9.17) is 18.6 Å². The van der Waals surface area contributed by atoms with Crippen LogP contribution in [0.25, 0.3) is 11.0 Å². The van der Waals surface area contributed by atoms with E-state index in [1.807, 2.05) is 0 Å². The third-order valence-corrected chi connectivity index (χ3v) is 5.65. The number of ether oxygens (including phenoxy) is 3. The lowest BCUT2D eigenvalue weighted by Crippen LogP contribution is -2.31. The number of unbranched alkanes of at least 4 members (excludes halogenated alkanes) is 1. The Morgan fingerprint density at radius 3 is 2.47 bits per heavy atom. The summed E-state index contributed by atoms with van der Waals surface area (Å²) in [4.78, 5) is 22.5. The minimum Gasteiger partial charge on any atom is -0.507 e. The molecule has 0 fully saturated rings. The summed E-state index contributed by atoms with van der Waals surface area (Å²) in [6, 6.07) is 12.8. The molecule has 7 nitrogen and oxygen atoms in total. The molecule has 2 aromatic carbocycles. The Labute approximate surface area is 199 Å². The van der Waals surface area contributed by atoms with Gasteiger partial charge in [0.25, 0.3) is 0 Å². The first-order valence-corrected chi connectivity index (χ1v) is 11.7. The topological polar surface area (TPSA) is 95.2 Å². The van der Waals surface area contributed by atoms with Crippen LogP contribution in [-0.2, 0) is 4.74 Å². The molecule has 7 heteroatoms. The molecule has 2 atom stereocenters. The Morgan fingerprint density at radius 2 is 1.76 bits per heavy atom. The number of aldehydes is 1. The predicted octanol–water partition coefficient (Wildman–Crippen LogP) is 5.37. The van der Waals surface area contributed by atoms with E-state index in [2.05, 4.69) is 13.8 Å². The summed E-state index contributed by atoms with van der Waals surface area (Å²) < 4.78 is 23.2. The average molecular weight is 469 g/mol. The smallest absolute Gasteiger partial charge is 0.339 e. The van der Waals surface area contributed by atoms with Gasteiger partial charge in [0.15, 0.2) is 6.10 Å². The molecule has 0 saturated carbocycles. The molecule has 0 saturated heterocycles. The molecule has 1 N–H and O–H groups in total. The number of carbonyl (C=O) groups is 1. The molecule has 1 heterocycles. The standard InChI is InChI=1S/C27H32O7/c1-3-5-6-19(4-2)16-31-17-23(18-32-21-9-7-20(15-28)8-10-21)33-22-11-12-24-25(29)14-27(30)34-26(24)13-22/h7-15,19,23,29H,3-6,16-18H2,1-2H3. The first-order valence-electron chi connectivity index (χ1n) is 11.7. The Morgan fingerprint density at radius 1 is 1.00 bits per heavy atom. The highest BCUT2D eigenvalue weighted by atomic mass is 16.6. The average Bonchev–Trinajstić information content (AvgIpc) is 2.84. The van der Waals surface area contributed by atoms with Crippen molar-refractivity contribution in [3.63, 3.8) is 0 Å². The maximum absolute atomic E-state index is 11.6. The summed E-state index contributed by atoms with van der Waals surface area (Å²) >= 11 is 0. The van der Waals surface area contributed by atoms with Crippen molar-refractivity contribution in [1.29, 1.82) is 0 Å². The van der Waals surface area contributed by atoms with Gasteiger partial charge in [0.1, 0.15) is 35.7 Å². The normalized spacial score (nSPS) is 12.9. The number of hydrogen-bond acceptors (Lipinski definition) is 7. The molecule has 0 spiro atoms. The highest BCUT2D eigenvalue weighted by Crippen LogP contribution is 2.27. The molecule has 182 valence electrons. The second-order valence-corrected chi connectivity index (χ2v) is 8.30. The summed E-state index contributed by atoms with van der Waals surface area (Å²) in [6.07, 6.45) is 4.87. The Kier molecular flexibility index (Phi) is 9.52. The summed E-state index contributed by atoms with van der Waals surface area (Å²) in [5, 5.41) is 10.4. The fourth-order valence-corrected chi connectivity index (χ4v) is 3.60. The Balaban J connectivity index is 1.69. The zero-order valence-corrected chi connectivity index (χ0v) is 19.7. The van der Waals surface area contributed by atoms with Gasteiger partial charge in [-0.2, -0.15) is 0 Å². The van der Waals surface area contributed by atoms with Crippen molar-refractivity contribution in [3.8, 4) is 17.2 Å². The lowest BCUT2D eigenvalue weighted by atomic mass is 10.0. The molecular formula is C27H32O7. The molecule has 2 unspecified atom stereocenters. The van der Waals surface area contributed by atoms with Gasteiger partial charge in [-0.3, -0.25) is 4.79 Å². The van der Waals surface area contributed by atoms with Gasteiger partial charge < -0.3 is 23.7 Å². The van der Waals surface area contributed by atoms with Gasteiger partial charge in [-0.1, -0.05) is 33.1 Å². The van der Waals surface area contributed by atoms with Crippen LogP contribution >= 0.6 is 0 Å². The number of carbonyl (C=O) groups excluding carboxylic acids is 1. The van der Waals surface area contributed by atoms with Crippen LogP contribution in [0.2, 0.25) is 0 Å². The SMILES string of the molecule is CCCCC(CC)COCC(COc1ccc(C=O)cc1)Oc1ccc2c(O)cc(=O)oc2c1. The number of hydrogen-bond donors (Lipinski definition) is 1. The first kappa shape index (κ1) is 25.3. The van der Waals surface area contributed by atoms with E-state index in [0.717, 1.165) is 31.6 Å². The molecule has 0 aliphatic heterocycles. The van der Waals surface area contributed by atoms with Gasteiger partial charge in [-0.05, 0) is 48.7 Å². The van der Waals surface area contributed by atoms with E-state index in [1.165, 1.54) is 6.42 Å². The first-order chi connectivity index (χ1) is 16.5. The van der Waals surface area contributed by atoms with E-state index in [1.54, 1.807) is 42.5 Å². The van der Waals surface area contributed by atoms with Crippen LogP contribution < -0.4 is 15.1 Å². The van der Waals surface area contributed by atoms with Crippen molar-refractivity contribution in [1.82, 2.24) is 0 Å². The molecule has 3 rings (SSSR count). The van der Waals surface area contributed by atoms with E-state index in [-0.39, 0.29) is 17.9 Å². The van der Waals surface area contributed by atoms with Crippen molar-refractivity contribution < 1.29 is 28.5 Å². The van der Waals surface area contributed by atoms with Crippen LogP contribution in [0.4, 0.5) is 0 Å². The Hall–Kier alpha value is -3.32. The quantitative estimate of drug-likeness (QED) is 0.251. The Bertz CT molecular complexity index is 1100. The van der Waals surface area contributed by atoms with Crippen molar-refractivity contribution in [3.05, 3.63) is 64.5 Å². The van der Waals surface area contributed by atoms with Crippen molar-refractivity contribution in [2.45, 2.75) is 45.6 Å². The van der Waals surface area contributed by atoms with Crippen molar-refractivity contribution in [2.75, 3.05) is 19.8 Å². The van der Waals surface area contributed by atoms with Crippen molar-refractivity contribution in [2.24, 2.45) is 5.92 Å². The lowest BCUT2D eigenvalue weighted by molar-refractivity contribution is 0.0108. The van der Waals surface area contributed by atoms with Gasteiger partial charge in [0.05, 0.1) is 18.1 Å². The molecular weight excluding hydrogens is 436 g/mol. The monoisotopic (exact) mass is 468 g/mol.